The fourth-order valence-electron chi connectivity index (χ4n) is 1.21. The zero-order valence-electron chi connectivity index (χ0n) is 7.79. The van der Waals surface area contributed by atoms with Gasteiger partial charge in [-0.25, -0.2) is 4.57 Å². The van der Waals surface area contributed by atoms with E-state index in [-0.39, 0.29) is 19.6 Å². The van der Waals surface area contributed by atoms with Crippen molar-refractivity contribution in [2.24, 2.45) is 5.73 Å². The van der Waals surface area contributed by atoms with Crippen molar-refractivity contribution in [1.82, 2.24) is 9.55 Å². The number of nitrogens with two attached hydrogens (primary N) is 1. The first-order chi connectivity index (χ1) is 7.06. The van der Waals surface area contributed by atoms with E-state index in [9.17, 15) is 14.9 Å². The summed E-state index contributed by atoms with van der Waals surface area (Å²) in [5.41, 5.74) is 5.28. The number of imidazole rings is 1. The van der Waals surface area contributed by atoms with Crippen LogP contribution in [0.5, 0.6) is 0 Å². The molecule has 1 aromatic heterocycles. The molecule has 1 aromatic rings. The SMILES string of the molecule is NC(=O)Cc1cnc([N+](=O)[O-])n1CCO. The molecule has 0 spiro atoms. The molecule has 3 N–H and O–H groups in total. The second kappa shape index (κ2) is 4.51. The average Bonchev–Trinajstić information content (AvgIpc) is 2.48. The Labute approximate surface area is 84.5 Å². The van der Waals surface area contributed by atoms with E-state index < -0.39 is 16.8 Å². The summed E-state index contributed by atoms with van der Waals surface area (Å²) in [6, 6.07) is 0. The molecule has 8 nitrogen and oxygen atoms in total. The van der Waals surface area contributed by atoms with Gasteiger partial charge in [-0.2, -0.15) is 0 Å². The Balaban J connectivity index is 3.05. The highest BCUT2D eigenvalue weighted by Gasteiger charge is 2.20. The first-order valence-corrected chi connectivity index (χ1v) is 4.14. The van der Waals surface area contributed by atoms with Crippen LogP contribution in [-0.2, 0) is 17.8 Å². The molecule has 8 heteroatoms. The fourth-order valence-corrected chi connectivity index (χ4v) is 1.21. The Morgan fingerprint density at radius 1 is 1.73 bits per heavy atom. The van der Waals surface area contributed by atoms with Crippen LogP contribution in [0.1, 0.15) is 5.69 Å². The van der Waals surface area contributed by atoms with Crippen molar-refractivity contribution in [3.8, 4) is 0 Å². The van der Waals surface area contributed by atoms with E-state index in [1.807, 2.05) is 0 Å². The standard InChI is InChI=1S/C7H10N4O4/c8-6(13)3-5-4-9-7(11(14)15)10(5)1-2-12/h4,12H,1-3H2,(H2,8,13). The summed E-state index contributed by atoms with van der Waals surface area (Å²) in [5, 5.41) is 19.2. The summed E-state index contributed by atoms with van der Waals surface area (Å²) in [7, 11) is 0. The minimum absolute atomic E-state index is 0.0128. The Bertz CT molecular complexity index is 386. The van der Waals surface area contributed by atoms with Crippen LogP contribution < -0.4 is 5.73 Å². The van der Waals surface area contributed by atoms with E-state index in [1.165, 1.54) is 6.20 Å². The van der Waals surface area contributed by atoms with Gasteiger partial charge in [0.25, 0.3) is 0 Å². The Morgan fingerprint density at radius 3 is 2.87 bits per heavy atom. The number of aromatic nitrogens is 2. The summed E-state index contributed by atoms with van der Waals surface area (Å²) in [6.45, 7) is -0.262. The van der Waals surface area contributed by atoms with Crippen molar-refractivity contribution >= 4 is 11.9 Å². The number of hydrogen-bond donors (Lipinski definition) is 2. The van der Waals surface area contributed by atoms with E-state index in [2.05, 4.69) is 4.98 Å². The van der Waals surface area contributed by atoms with Gasteiger partial charge in [0, 0.05) is 0 Å². The molecule has 0 radical (unpaired) electrons. The average molecular weight is 214 g/mol. The Morgan fingerprint density at radius 2 is 2.40 bits per heavy atom. The summed E-state index contributed by atoms with van der Waals surface area (Å²) in [5.74, 6) is -1.01. The number of hydrogen-bond acceptors (Lipinski definition) is 5. The number of carbonyl (C=O) groups excluding carboxylic acids is 1. The molecule has 1 heterocycles. The van der Waals surface area contributed by atoms with Gasteiger partial charge in [0.1, 0.15) is 11.9 Å². The molecule has 0 aliphatic rings. The van der Waals surface area contributed by atoms with Gasteiger partial charge in [-0.1, -0.05) is 4.98 Å². The van der Waals surface area contributed by atoms with Gasteiger partial charge in [-0.15, -0.1) is 0 Å². The maximum absolute atomic E-state index is 10.7. The molecule has 82 valence electrons. The number of carbonyl (C=O) groups is 1. The van der Waals surface area contributed by atoms with E-state index >= 15 is 0 Å². The van der Waals surface area contributed by atoms with Crippen LogP contribution in [0.4, 0.5) is 5.95 Å². The highest BCUT2D eigenvalue weighted by molar-refractivity contribution is 5.76. The molecular weight excluding hydrogens is 204 g/mol. The Hall–Kier alpha value is -1.96. The van der Waals surface area contributed by atoms with Crippen LogP contribution in [0.3, 0.4) is 0 Å². The lowest BCUT2D eigenvalue weighted by atomic mass is 10.3. The van der Waals surface area contributed by atoms with Crippen LogP contribution in [0.2, 0.25) is 0 Å². The molecule has 0 aliphatic heterocycles. The van der Waals surface area contributed by atoms with Gasteiger partial charge < -0.3 is 21.0 Å². The van der Waals surface area contributed by atoms with E-state index in [4.69, 9.17) is 10.8 Å². The lowest BCUT2D eigenvalue weighted by molar-refractivity contribution is -0.396. The number of aliphatic hydroxyl groups excluding tert-OH is 1. The highest BCUT2D eigenvalue weighted by atomic mass is 16.6. The third-order valence-corrected chi connectivity index (χ3v) is 1.76. The zero-order valence-corrected chi connectivity index (χ0v) is 7.79. The number of rotatable bonds is 5. The van der Waals surface area contributed by atoms with Crippen molar-refractivity contribution in [2.75, 3.05) is 6.61 Å². The van der Waals surface area contributed by atoms with Gasteiger partial charge >= 0.3 is 5.95 Å². The minimum Gasteiger partial charge on any atom is -0.393 e. The molecule has 0 atom stereocenters. The molecule has 1 amide bonds. The van der Waals surface area contributed by atoms with Crippen molar-refractivity contribution in [3.63, 3.8) is 0 Å². The van der Waals surface area contributed by atoms with Crippen molar-refractivity contribution in [1.29, 1.82) is 0 Å². The Kier molecular flexibility index (Phi) is 3.34. The molecule has 0 saturated carbocycles. The lowest BCUT2D eigenvalue weighted by Gasteiger charge is -2.02. The normalized spacial score (nSPS) is 10.2. The molecule has 0 aliphatic carbocycles. The smallest absolute Gasteiger partial charge is 0.393 e. The molecule has 15 heavy (non-hydrogen) atoms. The fraction of sp³-hybridized carbons (Fsp3) is 0.429. The number of nitrogens with zero attached hydrogens (tertiary/aromatic N) is 3. The topological polar surface area (TPSA) is 124 Å². The van der Waals surface area contributed by atoms with E-state index in [0.717, 1.165) is 4.57 Å². The van der Waals surface area contributed by atoms with Gasteiger partial charge in [0.05, 0.1) is 19.6 Å². The predicted molar refractivity (Wildman–Crippen MR) is 48.9 cm³/mol. The number of nitro groups is 1. The van der Waals surface area contributed by atoms with Gasteiger partial charge in [-0.3, -0.25) is 4.79 Å². The first-order valence-electron chi connectivity index (χ1n) is 4.14. The quantitative estimate of drug-likeness (QED) is 0.471. The summed E-state index contributed by atoms with van der Waals surface area (Å²) >= 11 is 0. The van der Waals surface area contributed by atoms with Crippen LogP contribution in [0, 0.1) is 10.1 Å². The second-order valence-electron chi connectivity index (χ2n) is 2.82. The van der Waals surface area contributed by atoms with E-state index in [0.29, 0.717) is 5.69 Å². The molecule has 0 fully saturated rings. The van der Waals surface area contributed by atoms with Crippen LogP contribution >= 0.6 is 0 Å². The van der Waals surface area contributed by atoms with E-state index in [1.54, 1.807) is 0 Å². The monoisotopic (exact) mass is 214 g/mol. The maximum Gasteiger partial charge on any atom is 0.434 e. The minimum atomic E-state index is -0.680. The van der Waals surface area contributed by atoms with Crippen LogP contribution in [0.15, 0.2) is 6.20 Å². The molecule has 0 saturated heterocycles. The second-order valence-corrected chi connectivity index (χ2v) is 2.82. The lowest BCUT2D eigenvalue weighted by Crippen LogP contribution is -2.18. The third-order valence-electron chi connectivity index (χ3n) is 1.76. The van der Waals surface area contributed by atoms with Gasteiger partial charge in [0.15, 0.2) is 0 Å². The molecule has 1 rings (SSSR count). The van der Waals surface area contributed by atoms with Crippen LogP contribution in [0.25, 0.3) is 0 Å². The number of amides is 1. The maximum atomic E-state index is 10.7. The first kappa shape index (κ1) is 11.1. The highest BCUT2D eigenvalue weighted by Crippen LogP contribution is 2.13. The van der Waals surface area contributed by atoms with Crippen molar-refractivity contribution in [3.05, 3.63) is 22.0 Å². The molecule has 0 bridgehead atoms. The molecule has 0 unspecified atom stereocenters. The van der Waals surface area contributed by atoms with Crippen molar-refractivity contribution in [2.45, 2.75) is 13.0 Å². The molecular formula is C7H10N4O4. The summed E-state index contributed by atoms with van der Waals surface area (Å²) < 4.78 is 1.16. The third kappa shape index (κ3) is 2.50. The number of aliphatic hydroxyl groups is 1. The largest absolute Gasteiger partial charge is 0.434 e. The molecule has 0 aromatic carbocycles. The summed E-state index contributed by atoms with van der Waals surface area (Å²) in [4.78, 5) is 24.0. The van der Waals surface area contributed by atoms with Crippen molar-refractivity contribution < 1.29 is 14.8 Å². The van der Waals surface area contributed by atoms with Gasteiger partial charge in [-0.05, 0) is 4.92 Å². The number of primary amides is 1. The zero-order chi connectivity index (χ0) is 11.4. The van der Waals surface area contributed by atoms with Crippen LogP contribution in [-0.4, -0.2) is 32.1 Å². The summed E-state index contributed by atoms with van der Waals surface area (Å²) in [6.07, 6.45) is 1.07. The van der Waals surface area contributed by atoms with Gasteiger partial charge in [0.2, 0.25) is 5.91 Å². The predicted octanol–water partition coefficient (Wildman–Crippen LogP) is -1.19.